The Morgan fingerprint density at radius 1 is 1.75 bits per heavy atom. The standard InChI is InChI=1S/C10H14O2/c1-3-7-6-10(2)8(11)4-5-9(10)12-7/h3,7,9H,1,4-6H2,2H3/t7-,9+,10-/m1/s1. The Kier molecular flexibility index (Phi) is 1.62. The number of carbonyl (C=O) groups excluding carboxylic acids is 1. The molecule has 2 fully saturated rings. The third-order valence-corrected chi connectivity index (χ3v) is 3.21. The lowest BCUT2D eigenvalue weighted by Crippen LogP contribution is -2.27. The van der Waals surface area contributed by atoms with Gasteiger partial charge in [0.05, 0.1) is 17.6 Å². The minimum absolute atomic E-state index is 0.101. The minimum Gasteiger partial charge on any atom is -0.370 e. The molecule has 0 aromatic heterocycles. The maximum Gasteiger partial charge on any atom is 0.141 e. The van der Waals surface area contributed by atoms with Crippen molar-refractivity contribution in [1.82, 2.24) is 0 Å². The van der Waals surface area contributed by atoms with Crippen molar-refractivity contribution in [1.29, 1.82) is 0 Å². The van der Waals surface area contributed by atoms with Crippen LogP contribution in [0.25, 0.3) is 0 Å². The number of hydrogen-bond acceptors (Lipinski definition) is 2. The highest BCUT2D eigenvalue weighted by atomic mass is 16.5. The van der Waals surface area contributed by atoms with E-state index in [-0.39, 0.29) is 17.6 Å². The van der Waals surface area contributed by atoms with Gasteiger partial charge >= 0.3 is 0 Å². The van der Waals surface area contributed by atoms with E-state index in [1.165, 1.54) is 0 Å². The summed E-state index contributed by atoms with van der Waals surface area (Å²) in [4.78, 5) is 11.5. The first-order valence-corrected chi connectivity index (χ1v) is 4.48. The average Bonchev–Trinajstić information content (AvgIpc) is 2.50. The minimum atomic E-state index is -0.196. The van der Waals surface area contributed by atoms with E-state index in [4.69, 9.17) is 4.74 Å². The Morgan fingerprint density at radius 3 is 3.08 bits per heavy atom. The normalized spacial score (nSPS) is 46.2. The fraction of sp³-hybridized carbons (Fsp3) is 0.700. The fourth-order valence-corrected chi connectivity index (χ4v) is 2.33. The molecule has 2 nitrogen and oxygen atoms in total. The molecule has 1 aliphatic carbocycles. The molecule has 0 unspecified atom stereocenters. The number of rotatable bonds is 1. The van der Waals surface area contributed by atoms with Crippen LogP contribution in [-0.2, 0) is 9.53 Å². The number of ether oxygens (including phenoxy) is 1. The van der Waals surface area contributed by atoms with E-state index in [2.05, 4.69) is 6.58 Å². The third kappa shape index (κ3) is 0.876. The molecular formula is C10H14O2. The van der Waals surface area contributed by atoms with Gasteiger partial charge in [-0.2, -0.15) is 0 Å². The Hall–Kier alpha value is -0.630. The van der Waals surface area contributed by atoms with Crippen LogP contribution >= 0.6 is 0 Å². The highest BCUT2D eigenvalue weighted by molar-refractivity contribution is 5.87. The second-order valence-corrected chi connectivity index (χ2v) is 3.98. The third-order valence-electron chi connectivity index (χ3n) is 3.21. The van der Waals surface area contributed by atoms with Gasteiger partial charge in [-0.25, -0.2) is 0 Å². The SMILES string of the molecule is C=C[C@@H]1C[C@]2(C)C(=O)CC[C@@H]2O1. The summed E-state index contributed by atoms with van der Waals surface area (Å²) in [6.45, 7) is 5.71. The van der Waals surface area contributed by atoms with Gasteiger partial charge in [0.15, 0.2) is 0 Å². The Labute approximate surface area is 72.6 Å². The molecule has 1 heterocycles. The predicted octanol–water partition coefficient (Wildman–Crippen LogP) is 1.70. The first-order valence-electron chi connectivity index (χ1n) is 4.48. The number of fused-ring (bicyclic) bond motifs is 1. The van der Waals surface area contributed by atoms with Crippen molar-refractivity contribution in [3.63, 3.8) is 0 Å². The summed E-state index contributed by atoms with van der Waals surface area (Å²) in [6.07, 6.45) is 4.50. The predicted molar refractivity (Wildman–Crippen MR) is 45.8 cm³/mol. The fourth-order valence-electron chi connectivity index (χ4n) is 2.33. The highest BCUT2D eigenvalue weighted by Crippen LogP contribution is 2.47. The van der Waals surface area contributed by atoms with Gasteiger partial charge in [-0.1, -0.05) is 13.0 Å². The quantitative estimate of drug-likeness (QED) is 0.554. The van der Waals surface area contributed by atoms with Crippen LogP contribution in [0.2, 0.25) is 0 Å². The lowest BCUT2D eigenvalue weighted by Gasteiger charge is -2.18. The van der Waals surface area contributed by atoms with Crippen LogP contribution in [0.4, 0.5) is 0 Å². The molecule has 2 aliphatic rings. The zero-order valence-electron chi connectivity index (χ0n) is 7.38. The largest absolute Gasteiger partial charge is 0.370 e. The molecular weight excluding hydrogens is 152 g/mol. The summed E-state index contributed by atoms with van der Waals surface area (Å²) in [5, 5.41) is 0. The summed E-state index contributed by atoms with van der Waals surface area (Å²) in [5.41, 5.74) is -0.196. The van der Waals surface area contributed by atoms with Crippen molar-refractivity contribution in [3.8, 4) is 0 Å². The van der Waals surface area contributed by atoms with Crippen molar-refractivity contribution >= 4 is 5.78 Å². The molecule has 0 amide bonds. The van der Waals surface area contributed by atoms with Crippen LogP contribution in [-0.4, -0.2) is 18.0 Å². The van der Waals surface area contributed by atoms with Gasteiger partial charge in [0.1, 0.15) is 5.78 Å². The zero-order valence-corrected chi connectivity index (χ0v) is 7.38. The molecule has 0 spiro atoms. The molecule has 66 valence electrons. The van der Waals surface area contributed by atoms with Gasteiger partial charge in [0.25, 0.3) is 0 Å². The van der Waals surface area contributed by atoms with Gasteiger partial charge in [-0.15, -0.1) is 6.58 Å². The molecule has 1 saturated heterocycles. The van der Waals surface area contributed by atoms with Crippen molar-refractivity contribution < 1.29 is 9.53 Å². The van der Waals surface area contributed by atoms with Gasteiger partial charge in [0, 0.05) is 6.42 Å². The van der Waals surface area contributed by atoms with E-state index < -0.39 is 0 Å². The molecule has 0 aromatic rings. The van der Waals surface area contributed by atoms with Crippen molar-refractivity contribution in [2.24, 2.45) is 5.41 Å². The first-order chi connectivity index (χ1) is 5.66. The molecule has 2 rings (SSSR count). The molecule has 1 aliphatic heterocycles. The highest BCUT2D eigenvalue weighted by Gasteiger charge is 2.52. The van der Waals surface area contributed by atoms with Gasteiger partial charge in [-0.3, -0.25) is 4.79 Å². The van der Waals surface area contributed by atoms with E-state index in [1.807, 2.05) is 6.92 Å². The second-order valence-electron chi connectivity index (χ2n) is 3.98. The van der Waals surface area contributed by atoms with E-state index in [0.717, 1.165) is 12.8 Å². The molecule has 3 atom stereocenters. The van der Waals surface area contributed by atoms with E-state index in [9.17, 15) is 4.79 Å². The van der Waals surface area contributed by atoms with Crippen LogP contribution in [0.15, 0.2) is 12.7 Å². The second kappa shape index (κ2) is 2.43. The molecule has 0 bridgehead atoms. The average molecular weight is 166 g/mol. The molecule has 0 N–H and O–H groups in total. The van der Waals surface area contributed by atoms with E-state index in [0.29, 0.717) is 12.2 Å². The molecule has 0 radical (unpaired) electrons. The Morgan fingerprint density at radius 2 is 2.50 bits per heavy atom. The molecule has 12 heavy (non-hydrogen) atoms. The van der Waals surface area contributed by atoms with Gasteiger partial charge in [0.2, 0.25) is 0 Å². The monoisotopic (exact) mass is 166 g/mol. The molecule has 1 saturated carbocycles. The molecule has 0 aromatic carbocycles. The first kappa shape index (κ1) is 7.99. The number of hydrogen-bond donors (Lipinski definition) is 0. The maximum atomic E-state index is 11.5. The zero-order chi connectivity index (χ0) is 8.77. The molecule has 2 heteroatoms. The van der Waals surface area contributed by atoms with Crippen molar-refractivity contribution in [2.45, 2.75) is 38.4 Å². The van der Waals surface area contributed by atoms with E-state index >= 15 is 0 Å². The van der Waals surface area contributed by atoms with Crippen molar-refractivity contribution in [3.05, 3.63) is 12.7 Å². The summed E-state index contributed by atoms with van der Waals surface area (Å²) >= 11 is 0. The number of ketones is 1. The Bertz CT molecular complexity index is 234. The summed E-state index contributed by atoms with van der Waals surface area (Å²) < 4.78 is 5.67. The van der Waals surface area contributed by atoms with Crippen LogP contribution < -0.4 is 0 Å². The number of carbonyl (C=O) groups is 1. The van der Waals surface area contributed by atoms with Crippen molar-refractivity contribution in [2.75, 3.05) is 0 Å². The number of Topliss-reactive ketones (excluding diaryl/α,β-unsaturated/α-hetero) is 1. The van der Waals surface area contributed by atoms with Crippen LogP contribution in [0.5, 0.6) is 0 Å². The summed E-state index contributed by atoms with van der Waals surface area (Å²) in [6, 6.07) is 0. The van der Waals surface area contributed by atoms with E-state index in [1.54, 1.807) is 6.08 Å². The lowest BCUT2D eigenvalue weighted by atomic mass is 9.83. The van der Waals surface area contributed by atoms with Gasteiger partial charge < -0.3 is 4.74 Å². The smallest absolute Gasteiger partial charge is 0.141 e. The lowest BCUT2D eigenvalue weighted by molar-refractivity contribution is -0.125. The van der Waals surface area contributed by atoms with Crippen LogP contribution in [0.1, 0.15) is 26.2 Å². The summed E-state index contributed by atoms with van der Waals surface area (Å²) in [7, 11) is 0. The van der Waals surface area contributed by atoms with Crippen LogP contribution in [0, 0.1) is 5.41 Å². The maximum absolute atomic E-state index is 11.5. The Balaban J connectivity index is 2.23. The topological polar surface area (TPSA) is 26.3 Å². The summed E-state index contributed by atoms with van der Waals surface area (Å²) in [5.74, 6) is 0.372. The van der Waals surface area contributed by atoms with Crippen LogP contribution in [0.3, 0.4) is 0 Å². The van der Waals surface area contributed by atoms with Gasteiger partial charge in [-0.05, 0) is 12.8 Å².